The maximum absolute atomic E-state index is 10.4. The molecule has 3 heteroatoms. The number of furan rings is 1. The van der Waals surface area contributed by atoms with Crippen LogP contribution in [0.2, 0.25) is 0 Å². The minimum absolute atomic E-state index is 0.181. The molecule has 1 rings (SSSR count). The zero-order valence-corrected chi connectivity index (χ0v) is 6.31. The summed E-state index contributed by atoms with van der Waals surface area (Å²) < 4.78 is 4.97. The highest BCUT2D eigenvalue weighted by Crippen LogP contribution is 2.10. The smallest absolute Gasteiger partial charge is 0.229 e. The fourth-order valence-corrected chi connectivity index (χ4v) is 0.833. The zero-order chi connectivity index (χ0) is 7.56. The Labute approximate surface area is 63.8 Å². The van der Waals surface area contributed by atoms with Gasteiger partial charge in [-0.05, 0) is 30.2 Å². The van der Waals surface area contributed by atoms with Gasteiger partial charge in [-0.2, -0.15) is 0 Å². The third kappa shape index (κ3) is 1.61. The standard InChI is InChI=1S/C7H7ClO2/c1-5-2-3-10-6(5)4-7(8)9/h2-3H,4H2,1H3. The van der Waals surface area contributed by atoms with Crippen molar-refractivity contribution in [1.82, 2.24) is 0 Å². The highest BCUT2D eigenvalue weighted by molar-refractivity contribution is 6.63. The summed E-state index contributed by atoms with van der Waals surface area (Å²) in [5.41, 5.74) is 0.967. The van der Waals surface area contributed by atoms with Crippen LogP contribution in [0.3, 0.4) is 0 Å². The number of carbonyl (C=O) groups is 1. The van der Waals surface area contributed by atoms with Crippen molar-refractivity contribution in [2.75, 3.05) is 0 Å². The van der Waals surface area contributed by atoms with Gasteiger partial charge >= 0.3 is 0 Å². The van der Waals surface area contributed by atoms with Crippen molar-refractivity contribution < 1.29 is 9.21 Å². The highest BCUT2D eigenvalue weighted by Gasteiger charge is 2.04. The van der Waals surface area contributed by atoms with Gasteiger partial charge in [-0.15, -0.1) is 0 Å². The van der Waals surface area contributed by atoms with Crippen LogP contribution in [0.15, 0.2) is 16.7 Å². The average molecular weight is 159 g/mol. The molecule has 0 spiro atoms. The molecule has 0 aliphatic heterocycles. The second kappa shape index (κ2) is 2.88. The summed E-state index contributed by atoms with van der Waals surface area (Å²) in [6.45, 7) is 1.87. The van der Waals surface area contributed by atoms with E-state index in [4.69, 9.17) is 16.0 Å². The fraction of sp³-hybridized carbons (Fsp3) is 0.286. The van der Waals surface area contributed by atoms with Crippen LogP contribution in [0.25, 0.3) is 0 Å². The van der Waals surface area contributed by atoms with Gasteiger partial charge in [0, 0.05) is 0 Å². The van der Waals surface area contributed by atoms with Crippen LogP contribution >= 0.6 is 11.6 Å². The molecule has 1 heterocycles. The lowest BCUT2D eigenvalue weighted by atomic mass is 10.2. The summed E-state index contributed by atoms with van der Waals surface area (Å²) in [5, 5.41) is -0.391. The maximum Gasteiger partial charge on any atom is 0.229 e. The number of aryl methyl sites for hydroxylation is 1. The molecule has 0 N–H and O–H groups in total. The molecule has 2 nitrogen and oxygen atoms in total. The third-order valence-electron chi connectivity index (χ3n) is 1.27. The van der Waals surface area contributed by atoms with E-state index in [-0.39, 0.29) is 6.42 Å². The average Bonchev–Trinajstić information content (AvgIpc) is 2.15. The van der Waals surface area contributed by atoms with Gasteiger partial charge in [-0.1, -0.05) is 0 Å². The van der Waals surface area contributed by atoms with Crippen molar-refractivity contribution in [3.8, 4) is 0 Å². The molecule has 0 saturated heterocycles. The summed E-state index contributed by atoms with van der Waals surface area (Å²) in [4.78, 5) is 10.4. The molecule has 0 saturated carbocycles. The van der Waals surface area contributed by atoms with Crippen molar-refractivity contribution in [3.63, 3.8) is 0 Å². The number of hydrogen-bond acceptors (Lipinski definition) is 2. The van der Waals surface area contributed by atoms with E-state index in [2.05, 4.69) is 0 Å². The first kappa shape index (κ1) is 7.35. The molecule has 10 heavy (non-hydrogen) atoms. The summed E-state index contributed by atoms with van der Waals surface area (Å²) in [5.74, 6) is 0.653. The molecule has 0 fully saturated rings. The molecule has 0 atom stereocenters. The van der Waals surface area contributed by atoms with Crippen molar-refractivity contribution in [1.29, 1.82) is 0 Å². The maximum atomic E-state index is 10.4. The molecule has 0 aromatic carbocycles. The summed E-state index contributed by atoms with van der Waals surface area (Å²) >= 11 is 5.14. The minimum Gasteiger partial charge on any atom is -0.469 e. The predicted molar refractivity (Wildman–Crippen MR) is 38.0 cm³/mol. The molecule has 0 amide bonds. The Hall–Kier alpha value is -0.760. The monoisotopic (exact) mass is 158 g/mol. The topological polar surface area (TPSA) is 30.2 Å². The first-order valence-corrected chi connectivity index (χ1v) is 3.29. The van der Waals surface area contributed by atoms with Gasteiger partial charge in [0.25, 0.3) is 0 Å². The molecule has 54 valence electrons. The highest BCUT2D eigenvalue weighted by atomic mass is 35.5. The second-order valence-corrected chi connectivity index (χ2v) is 2.48. The van der Waals surface area contributed by atoms with E-state index in [0.29, 0.717) is 5.76 Å². The van der Waals surface area contributed by atoms with E-state index < -0.39 is 5.24 Å². The van der Waals surface area contributed by atoms with Gasteiger partial charge in [0.1, 0.15) is 5.76 Å². The Bertz CT molecular complexity index is 240. The van der Waals surface area contributed by atoms with Gasteiger partial charge in [-0.3, -0.25) is 4.79 Å². The largest absolute Gasteiger partial charge is 0.469 e. The van der Waals surface area contributed by atoms with E-state index >= 15 is 0 Å². The van der Waals surface area contributed by atoms with Gasteiger partial charge in [-0.25, -0.2) is 0 Å². The molecular weight excluding hydrogens is 152 g/mol. The summed E-state index contributed by atoms with van der Waals surface area (Å²) in [7, 11) is 0. The van der Waals surface area contributed by atoms with E-state index in [9.17, 15) is 4.79 Å². The molecule has 0 unspecified atom stereocenters. The Kier molecular flexibility index (Phi) is 2.12. The SMILES string of the molecule is Cc1ccoc1CC(=O)Cl. The first-order chi connectivity index (χ1) is 4.70. The van der Waals surface area contributed by atoms with Gasteiger partial charge in [0.05, 0.1) is 12.7 Å². The Morgan fingerprint density at radius 3 is 2.90 bits per heavy atom. The minimum atomic E-state index is -0.391. The quantitative estimate of drug-likeness (QED) is 0.616. The number of hydrogen-bond donors (Lipinski definition) is 0. The molecule has 1 aromatic rings. The number of rotatable bonds is 2. The molecular formula is C7H7ClO2. The molecule has 0 aliphatic rings. The van der Waals surface area contributed by atoms with E-state index in [1.807, 2.05) is 6.92 Å². The summed E-state index contributed by atoms with van der Waals surface area (Å²) in [6, 6.07) is 1.80. The van der Waals surface area contributed by atoms with E-state index in [1.54, 1.807) is 12.3 Å². The summed E-state index contributed by atoms with van der Waals surface area (Å²) in [6.07, 6.45) is 1.73. The molecule has 1 aromatic heterocycles. The van der Waals surface area contributed by atoms with Gasteiger partial charge in [0.2, 0.25) is 5.24 Å². The first-order valence-electron chi connectivity index (χ1n) is 2.91. The lowest BCUT2D eigenvalue weighted by Gasteiger charge is -1.89. The van der Waals surface area contributed by atoms with Gasteiger partial charge < -0.3 is 4.42 Å². The molecule has 0 aliphatic carbocycles. The van der Waals surface area contributed by atoms with Crippen molar-refractivity contribution in [2.45, 2.75) is 13.3 Å². The van der Waals surface area contributed by atoms with Crippen molar-refractivity contribution in [3.05, 3.63) is 23.7 Å². The Balaban J connectivity index is 2.74. The van der Waals surface area contributed by atoms with E-state index in [0.717, 1.165) is 5.56 Å². The fourth-order valence-electron chi connectivity index (χ4n) is 0.711. The van der Waals surface area contributed by atoms with E-state index in [1.165, 1.54) is 0 Å². The molecule has 0 bridgehead atoms. The molecule has 0 radical (unpaired) electrons. The van der Waals surface area contributed by atoms with Crippen LogP contribution in [0, 0.1) is 6.92 Å². The lowest BCUT2D eigenvalue weighted by Crippen LogP contribution is -1.92. The lowest BCUT2D eigenvalue weighted by molar-refractivity contribution is -0.111. The van der Waals surface area contributed by atoms with Crippen molar-refractivity contribution in [2.24, 2.45) is 0 Å². The third-order valence-corrected chi connectivity index (χ3v) is 1.40. The van der Waals surface area contributed by atoms with Crippen LogP contribution in [0.4, 0.5) is 0 Å². The second-order valence-electron chi connectivity index (χ2n) is 2.06. The Morgan fingerprint density at radius 1 is 1.80 bits per heavy atom. The zero-order valence-electron chi connectivity index (χ0n) is 5.56. The van der Waals surface area contributed by atoms with Gasteiger partial charge in [0.15, 0.2) is 0 Å². The van der Waals surface area contributed by atoms with Crippen LogP contribution in [-0.4, -0.2) is 5.24 Å². The normalized spacial score (nSPS) is 9.80. The number of carbonyl (C=O) groups excluding carboxylic acids is 1. The van der Waals surface area contributed by atoms with Crippen LogP contribution in [0.1, 0.15) is 11.3 Å². The number of halogens is 1. The Morgan fingerprint density at radius 2 is 2.50 bits per heavy atom. The van der Waals surface area contributed by atoms with Crippen LogP contribution in [0.5, 0.6) is 0 Å². The van der Waals surface area contributed by atoms with Crippen LogP contribution in [-0.2, 0) is 11.2 Å². The van der Waals surface area contributed by atoms with Crippen LogP contribution < -0.4 is 0 Å². The predicted octanol–water partition coefficient (Wildman–Crippen LogP) is 1.90. The van der Waals surface area contributed by atoms with Crippen molar-refractivity contribution >= 4 is 16.8 Å².